The Morgan fingerprint density at radius 1 is 1.33 bits per heavy atom. The topological polar surface area (TPSA) is 63.0 Å². The molecule has 100 valence electrons. The molecule has 0 aliphatic heterocycles. The molecule has 4 N–H and O–H groups in total. The Morgan fingerprint density at radius 2 is 2.00 bits per heavy atom. The number of anilines is 2. The van der Waals surface area contributed by atoms with Crippen LogP contribution in [0.25, 0.3) is 0 Å². The van der Waals surface area contributed by atoms with Gasteiger partial charge in [-0.1, -0.05) is 37.0 Å². The number of nitrogen functional groups attached to an aromatic ring is 1. The van der Waals surface area contributed by atoms with Gasteiger partial charge in [-0.05, 0) is 30.7 Å². The fourth-order valence-electron chi connectivity index (χ4n) is 2.42. The Balaban J connectivity index is 2.14. The molecule has 1 atom stereocenters. The van der Waals surface area contributed by atoms with Gasteiger partial charge in [0.05, 0.1) is 10.0 Å². The minimum absolute atomic E-state index is 0.380. The van der Waals surface area contributed by atoms with Crippen LogP contribution in [0.5, 0.6) is 0 Å². The zero-order chi connectivity index (χ0) is 13.3. The molecule has 0 spiro atoms. The van der Waals surface area contributed by atoms with Gasteiger partial charge in [-0.3, -0.25) is 0 Å². The summed E-state index contributed by atoms with van der Waals surface area (Å²) >= 11 is 12.1. The van der Waals surface area contributed by atoms with E-state index in [9.17, 15) is 0 Å². The highest BCUT2D eigenvalue weighted by atomic mass is 35.5. The van der Waals surface area contributed by atoms with Crippen molar-refractivity contribution >= 4 is 34.8 Å². The van der Waals surface area contributed by atoms with E-state index < -0.39 is 0 Å². The van der Waals surface area contributed by atoms with Crippen LogP contribution in [-0.2, 0) is 0 Å². The molecule has 6 heteroatoms. The van der Waals surface area contributed by atoms with E-state index in [2.05, 4.69) is 29.6 Å². The van der Waals surface area contributed by atoms with Crippen molar-refractivity contribution in [1.29, 1.82) is 0 Å². The van der Waals surface area contributed by atoms with Crippen molar-refractivity contribution in [3.05, 3.63) is 16.1 Å². The molecule has 0 amide bonds. The normalized spacial score (nSPS) is 21.9. The van der Waals surface area contributed by atoms with Gasteiger partial charge < -0.3 is 10.7 Å². The van der Waals surface area contributed by atoms with E-state index >= 15 is 0 Å². The fraction of sp³-hybridized carbons (Fsp3) is 0.583. The van der Waals surface area contributed by atoms with Crippen molar-refractivity contribution in [3.63, 3.8) is 0 Å². The molecule has 2 rings (SSSR count). The van der Waals surface area contributed by atoms with Crippen LogP contribution in [-0.4, -0.2) is 11.0 Å². The maximum Gasteiger partial charge on any atom is 0.161 e. The van der Waals surface area contributed by atoms with Crippen molar-refractivity contribution in [2.24, 2.45) is 11.3 Å². The van der Waals surface area contributed by atoms with Gasteiger partial charge in [-0.15, -0.1) is 0 Å². The van der Waals surface area contributed by atoms with Crippen molar-refractivity contribution in [1.82, 2.24) is 4.98 Å². The van der Waals surface area contributed by atoms with E-state index in [0.29, 0.717) is 33.1 Å². The quantitative estimate of drug-likeness (QED) is 0.587. The van der Waals surface area contributed by atoms with E-state index in [-0.39, 0.29) is 0 Å². The molecular weight excluding hydrogens is 271 g/mol. The van der Waals surface area contributed by atoms with Crippen LogP contribution in [0.1, 0.15) is 33.1 Å². The molecule has 4 nitrogen and oxygen atoms in total. The molecule has 18 heavy (non-hydrogen) atoms. The fourth-order valence-corrected chi connectivity index (χ4v) is 2.89. The largest absolute Gasteiger partial charge is 0.366 e. The van der Waals surface area contributed by atoms with Crippen LogP contribution < -0.4 is 16.6 Å². The summed E-state index contributed by atoms with van der Waals surface area (Å²) < 4.78 is 0. The molecule has 1 aliphatic carbocycles. The van der Waals surface area contributed by atoms with Crippen LogP contribution in [0.2, 0.25) is 10.0 Å². The summed E-state index contributed by atoms with van der Waals surface area (Å²) in [6, 6.07) is 2.05. The van der Waals surface area contributed by atoms with Gasteiger partial charge >= 0.3 is 0 Å². The van der Waals surface area contributed by atoms with E-state index in [1.807, 2.05) is 0 Å². The molecule has 1 fully saturated rings. The van der Waals surface area contributed by atoms with Crippen molar-refractivity contribution in [2.45, 2.75) is 39.2 Å². The number of halogens is 2. The first kappa shape index (κ1) is 13.7. The monoisotopic (exact) mass is 288 g/mol. The maximum atomic E-state index is 6.13. The van der Waals surface area contributed by atoms with E-state index in [1.54, 1.807) is 6.07 Å². The summed E-state index contributed by atoms with van der Waals surface area (Å²) in [5.41, 5.74) is 2.84. The van der Waals surface area contributed by atoms with Crippen molar-refractivity contribution in [3.8, 4) is 0 Å². The first-order valence-corrected chi connectivity index (χ1v) is 6.76. The second kappa shape index (κ2) is 5.11. The lowest BCUT2D eigenvalue weighted by Gasteiger charge is -2.19. The summed E-state index contributed by atoms with van der Waals surface area (Å²) in [6.45, 7) is 4.55. The molecular formula is C12H18Cl2N4. The Morgan fingerprint density at radius 3 is 2.56 bits per heavy atom. The highest BCUT2D eigenvalue weighted by Gasteiger charge is 2.31. The number of aromatic nitrogens is 1. The Labute approximate surface area is 117 Å². The standard InChI is InChI=1S/C12H18Cl2N4/c1-12(2)4-3-7(6-12)16-10-8(13)5-9(14)11(17-10)18-15/h5,7H,3-4,6,15H2,1-2H3,(H2,16,17,18). The van der Waals surface area contributed by atoms with Crippen LogP contribution in [0.4, 0.5) is 11.6 Å². The van der Waals surface area contributed by atoms with Gasteiger partial charge in [0.15, 0.2) is 5.82 Å². The highest BCUT2D eigenvalue weighted by Crippen LogP contribution is 2.39. The first-order chi connectivity index (χ1) is 8.41. The summed E-state index contributed by atoms with van der Waals surface area (Å²) in [7, 11) is 0. The number of nitrogens with one attached hydrogen (secondary N) is 2. The van der Waals surface area contributed by atoms with Gasteiger partial charge in [-0.25, -0.2) is 10.8 Å². The molecule has 1 heterocycles. The average molecular weight is 289 g/mol. The highest BCUT2D eigenvalue weighted by molar-refractivity contribution is 6.37. The van der Waals surface area contributed by atoms with Crippen LogP contribution in [0.3, 0.4) is 0 Å². The third-order valence-electron chi connectivity index (χ3n) is 3.38. The third kappa shape index (κ3) is 2.99. The lowest BCUT2D eigenvalue weighted by molar-refractivity contribution is 0.378. The van der Waals surface area contributed by atoms with Crippen LogP contribution >= 0.6 is 23.2 Å². The maximum absolute atomic E-state index is 6.13. The summed E-state index contributed by atoms with van der Waals surface area (Å²) in [4.78, 5) is 4.29. The summed E-state index contributed by atoms with van der Waals surface area (Å²) in [5.74, 6) is 6.42. The van der Waals surface area contributed by atoms with Gasteiger partial charge in [0.1, 0.15) is 5.82 Å². The lowest BCUT2D eigenvalue weighted by Crippen LogP contribution is -2.19. The molecule has 0 saturated heterocycles. The number of pyridine rings is 1. The number of hydrogen-bond donors (Lipinski definition) is 3. The van der Waals surface area contributed by atoms with E-state index in [4.69, 9.17) is 29.0 Å². The number of rotatable bonds is 3. The molecule has 0 radical (unpaired) electrons. The van der Waals surface area contributed by atoms with Crippen molar-refractivity contribution < 1.29 is 0 Å². The van der Waals surface area contributed by atoms with Gasteiger partial charge in [0, 0.05) is 6.04 Å². The van der Waals surface area contributed by atoms with Gasteiger partial charge in [0.25, 0.3) is 0 Å². The van der Waals surface area contributed by atoms with Crippen LogP contribution in [0.15, 0.2) is 6.07 Å². The minimum Gasteiger partial charge on any atom is -0.366 e. The number of nitrogens with two attached hydrogens (primary N) is 1. The van der Waals surface area contributed by atoms with E-state index in [0.717, 1.165) is 12.8 Å². The first-order valence-electron chi connectivity index (χ1n) is 6.00. The Kier molecular flexibility index (Phi) is 3.90. The number of hydrogen-bond acceptors (Lipinski definition) is 4. The Hall–Kier alpha value is -0.710. The molecule has 1 aromatic heterocycles. The number of nitrogens with zero attached hydrogens (tertiary/aromatic N) is 1. The summed E-state index contributed by atoms with van der Waals surface area (Å²) in [6.07, 6.45) is 3.44. The smallest absolute Gasteiger partial charge is 0.161 e. The molecule has 1 aromatic rings. The molecule has 0 bridgehead atoms. The number of hydrazine groups is 1. The zero-order valence-electron chi connectivity index (χ0n) is 10.6. The average Bonchev–Trinajstić information content (AvgIpc) is 2.62. The molecule has 1 unspecified atom stereocenters. The minimum atomic E-state index is 0.380. The predicted octanol–water partition coefficient (Wildman–Crippen LogP) is 3.66. The second-order valence-electron chi connectivity index (χ2n) is 5.54. The zero-order valence-corrected chi connectivity index (χ0v) is 12.1. The lowest BCUT2D eigenvalue weighted by atomic mass is 9.92. The Bertz CT molecular complexity index is 448. The molecule has 0 aromatic carbocycles. The second-order valence-corrected chi connectivity index (χ2v) is 6.36. The summed E-state index contributed by atoms with van der Waals surface area (Å²) in [5, 5.41) is 4.30. The van der Waals surface area contributed by atoms with Gasteiger partial charge in [-0.2, -0.15) is 0 Å². The van der Waals surface area contributed by atoms with Crippen molar-refractivity contribution in [2.75, 3.05) is 10.7 Å². The van der Waals surface area contributed by atoms with E-state index in [1.165, 1.54) is 6.42 Å². The molecule has 1 saturated carbocycles. The SMILES string of the molecule is CC1(C)CCC(Nc2nc(NN)c(Cl)cc2Cl)C1. The third-order valence-corrected chi connectivity index (χ3v) is 3.95. The predicted molar refractivity (Wildman–Crippen MR) is 77.1 cm³/mol. The van der Waals surface area contributed by atoms with Gasteiger partial charge in [0.2, 0.25) is 0 Å². The van der Waals surface area contributed by atoms with Crippen LogP contribution in [0, 0.1) is 5.41 Å². The molecule has 1 aliphatic rings.